The van der Waals surface area contributed by atoms with Crippen molar-refractivity contribution in [3.8, 4) is 0 Å². The first-order chi connectivity index (χ1) is 11.6. The third-order valence-corrected chi connectivity index (χ3v) is 4.87. The molecule has 1 aromatic carbocycles. The summed E-state index contributed by atoms with van der Waals surface area (Å²) in [5, 5.41) is 8.52. The molecular formula is C15H13Cl2N5OS. The van der Waals surface area contributed by atoms with Crippen molar-refractivity contribution in [1.82, 2.24) is 19.7 Å². The van der Waals surface area contributed by atoms with Crippen LogP contribution in [-0.4, -0.2) is 25.7 Å². The fourth-order valence-electron chi connectivity index (χ4n) is 2.07. The van der Waals surface area contributed by atoms with Crippen molar-refractivity contribution in [2.75, 3.05) is 5.32 Å². The van der Waals surface area contributed by atoms with E-state index in [-0.39, 0.29) is 5.91 Å². The number of hydrogen-bond donors (Lipinski definition) is 1. The largest absolute Gasteiger partial charge is 0.302 e. The molecule has 1 N–H and O–H groups in total. The number of benzene rings is 1. The molecule has 2 aromatic heterocycles. The molecule has 0 atom stereocenters. The van der Waals surface area contributed by atoms with Gasteiger partial charge in [0.15, 0.2) is 5.13 Å². The molecule has 0 aliphatic rings. The van der Waals surface area contributed by atoms with Crippen LogP contribution in [0.5, 0.6) is 0 Å². The number of amides is 1. The zero-order chi connectivity index (χ0) is 16.9. The number of nitrogens with one attached hydrogen (secondary N) is 1. The normalized spacial score (nSPS) is 10.8. The lowest BCUT2D eigenvalue weighted by Crippen LogP contribution is -2.14. The standard InChI is InChI=1S/C15H13Cl2N5OS/c16-12-2-1-3-13(17)11(12)6-10-7-19-15(24-10)21-14(23)4-5-22-9-18-8-20-22/h1-3,7-9H,4-6H2,(H,19,21,23). The number of aromatic nitrogens is 4. The third-order valence-electron chi connectivity index (χ3n) is 3.25. The van der Waals surface area contributed by atoms with Crippen molar-refractivity contribution < 1.29 is 4.79 Å². The summed E-state index contributed by atoms with van der Waals surface area (Å²) in [7, 11) is 0. The summed E-state index contributed by atoms with van der Waals surface area (Å²) < 4.78 is 1.60. The van der Waals surface area contributed by atoms with E-state index in [0.29, 0.717) is 34.6 Å². The lowest BCUT2D eigenvalue weighted by Gasteiger charge is -2.04. The maximum Gasteiger partial charge on any atom is 0.228 e. The molecule has 3 rings (SSSR count). The molecule has 3 aromatic rings. The van der Waals surface area contributed by atoms with Crippen LogP contribution >= 0.6 is 34.5 Å². The molecule has 0 unspecified atom stereocenters. The summed E-state index contributed by atoms with van der Waals surface area (Å²) in [5.41, 5.74) is 0.855. The second-order valence-electron chi connectivity index (χ2n) is 4.97. The predicted molar refractivity (Wildman–Crippen MR) is 94.7 cm³/mol. The van der Waals surface area contributed by atoms with Gasteiger partial charge in [0.05, 0.1) is 6.54 Å². The van der Waals surface area contributed by atoms with Gasteiger partial charge < -0.3 is 5.32 Å². The highest BCUT2D eigenvalue weighted by Gasteiger charge is 2.11. The average molecular weight is 382 g/mol. The van der Waals surface area contributed by atoms with Crippen LogP contribution in [0.3, 0.4) is 0 Å². The second-order valence-corrected chi connectivity index (χ2v) is 6.90. The SMILES string of the molecule is O=C(CCn1cncn1)Nc1ncc(Cc2c(Cl)cccc2Cl)s1. The van der Waals surface area contributed by atoms with E-state index >= 15 is 0 Å². The van der Waals surface area contributed by atoms with E-state index in [2.05, 4.69) is 20.4 Å². The fourth-order valence-corrected chi connectivity index (χ4v) is 3.44. The van der Waals surface area contributed by atoms with Gasteiger partial charge in [0.2, 0.25) is 5.91 Å². The molecule has 0 spiro atoms. The van der Waals surface area contributed by atoms with Gasteiger partial charge in [-0.15, -0.1) is 11.3 Å². The number of halogens is 2. The predicted octanol–water partition coefficient (Wildman–Crippen LogP) is 3.66. The van der Waals surface area contributed by atoms with Gasteiger partial charge in [-0.05, 0) is 17.7 Å². The fraction of sp³-hybridized carbons (Fsp3) is 0.200. The van der Waals surface area contributed by atoms with E-state index in [4.69, 9.17) is 23.2 Å². The van der Waals surface area contributed by atoms with Gasteiger partial charge >= 0.3 is 0 Å². The Hall–Kier alpha value is -1.96. The van der Waals surface area contributed by atoms with Gasteiger partial charge in [-0.25, -0.2) is 9.97 Å². The number of thiazole rings is 1. The number of anilines is 1. The summed E-state index contributed by atoms with van der Waals surface area (Å²) in [5.74, 6) is -0.123. The molecule has 0 radical (unpaired) electrons. The van der Waals surface area contributed by atoms with Crippen molar-refractivity contribution >= 4 is 45.6 Å². The van der Waals surface area contributed by atoms with Crippen LogP contribution in [-0.2, 0) is 17.8 Å². The maximum absolute atomic E-state index is 11.9. The Bertz CT molecular complexity index is 814. The lowest BCUT2D eigenvalue weighted by molar-refractivity contribution is -0.116. The van der Waals surface area contributed by atoms with E-state index in [0.717, 1.165) is 10.4 Å². The average Bonchev–Trinajstić information content (AvgIpc) is 3.21. The first-order valence-electron chi connectivity index (χ1n) is 7.11. The van der Waals surface area contributed by atoms with Crippen molar-refractivity contribution in [1.29, 1.82) is 0 Å². The Balaban J connectivity index is 1.58. The monoisotopic (exact) mass is 381 g/mol. The quantitative estimate of drug-likeness (QED) is 0.706. The first-order valence-corrected chi connectivity index (χ1v) is 8.69. The van der Waals surface area contributed by atoms with Gasteiger partial charge in [0.25, 0.3) is 0 Å². The van der Waals surface area contributed by atoms with E-state index < -0.39 is 0 Å². The minimum Gasteiger partial charge on any atom is -0.302 e. The van der Waals surface area contributed by atoms with Crippen LogP contribution in [0.15, 0.2) is 37.1 Å². The Morgan fingerprint density at radius 1 is 1.29 bits per heavy atom. The highest BCUT2D eigenvalue weighted by molar-refractivity contribution is 7.15. The third kappa shape index (κ3) is 4.31. The number of nitrogens with zero attached hydrogens (tertiary/aromatic N) is 4. The van der Waals surface area contributed by atoms with Crippen molar-refractivity contribution in [3.05, 3.63) is 57.5 Å². The van der Waals surface area contributed by atoms with Crippen LogP contribution in [0.1, 0.15) is 16.9 Å². The van der Waals surface area contributed by atoms with Crippen LogP contribution < -0.4 is 5.32 Å². The Kier molecular flexibility index (Phi) is 5.44. The lowest BCUT2D eigenvalue weighted by atomic mass is 10.1. The number of carbonyl (C=O) groups is 1. The summed E-state index contributed by atoms with van der Waals surface area (Å²) in [6.07, 6.45) is 5.60. The van der Waals surface area contributed by atoms with Crippen molar-refractivity contribution in [2.45, 2.75) is 19.4 Å². The topological polar surface area (TPSA) is 72.7 Å². The van der Waals surface area contributed by atoms with Gasteiger partial charge in [0, 0.05) is 34.0 Å². The first kappa shape index (κ1) is 16.9. The number of carbonyl (C=O) groups excluding carboxylic acids is 1. The van der Waals surface area contributed by atoms with E-state index in [9.17, 15) is 4.79 Å². The Morgan fingerprint density at radius 3 is 2.79 bits per heavy atom. The van der Waals surface area contributed by atoms with Crippen LogP contribution in [0.25, 0.3) is 0 Å². The Labute approximate surface area is 152 Å². The summed E-state index contributed by atoms with van der Waals surface area (Å²) in [6.45, 7) is 0.472. The van der Waals surface area contributed by atoms with Gasteiger partial charge in [-0.3, -0.25) is 9.48 Å². The highest BCUT2D eigenvalue weighted by Crippen LogP contribution is 2.29. The van der Waals surface area contributed by atoms with E-state index in [1.54, 1.807) is 29.3 Å². The second kappa shape index (κ2) is 7.74. The van der Waals surface area contributed by atoms with Crippen molar-refractivity contribution in [3.63, 3.8) is 0 Å². The van der Waals surface area contributed by atoms with Gasteiger partial charge in [-0.1, -0.05) is 29.3 Å². The molecule has 0 fully saturated rings. The Morgan fingerprint density at radius 2 is 2.08 bits per heavy atom. The molecule has 24 heavy (non-hydrogen) atoms. The van der Waals surface area contributed by atoms with Crippen LogP contribution in [0.4, 0.5) is 5.13 Å². The maximum atomic E-state index is 11.9. The highest BCUT2D eigenvalue weighted by atomic mass is 35.5. The molecule has 1 amide bonds. The summed E-state index contributed by atoms with van der Waals surface area (Å²) >= 11 is 13.8. The minimum absolute atomic E-state index is 0.123. The van der Waals surface area contributed by atoms with Crippen LogP contribution in [0.2, 0.25) is 10.0 Å². The molecule has 0 aliphatic carbocycles. The molecule has 0 aliphatic heterocycles. The molecule has 9 heteroatoms. The zero-order valence-electron chi connectivity index (χ0n) is 12.4. The molecule has 0 bridgehead atoms. The molecule has 124 valence electrons. The van der Waals surface area contributed by atoms with E-state index in [1.807, 2.05) is 6.07 Å². The summed E-state index contributed by atoms with van der Waals surface area (Å²) in [4.78, 5) is 21.0. The smallest absolute Gasteiger partial charge is 0.228 e. The number of hydrogen-bond acceptors (Lipinski definition) is 5. The molecule has 0 saturated heterocycles. The number of aryl methyl sites for hydroxylation is 1. The van der Waals surface area contributed by atoms with Gasteiger partial charge in [-0.2, -0.15) is 5.10 Å². The van der Waals surface area contributed by atoms with E-state index in [1.165, 1.54) is 17.7 Å². The van der Waals surface area contributed by atoms with Crippen molar-refractivity contribution in [2.24, 2.45) is 0 Å². The minimum atomic E-state index is -0.123. The van der Waals surface area contributed by atoms with Crippen LogP contribution in [0, 0.1) is 0 Å². The molecule has 0 saturated carbocycles. The molecule has 2 heterocycles. The molecular weight excluding hydrogens is 369 g/mol. The zero-order valence-corrected chi connectivity index (χ0v) is 14.8. The molecule has 6 nitrogen and oxygen atoms in total. The number of rotatable bonds is 6. The summed E-state index contributed by atoms with van der Waals surface area (Å²) in [6, 6.07) is 5.41. The van der Waals surface area contributed by atoms with Gasteiger partial charge in [0.1, 0.15) is 12.7 Å².